The van der Waals surface area contributed by atoms with Crippen molar-refractivity contribution in [3.05, 3.63) is 0 Å². The summed E-state index contributed by atoms with van der Waals surface area (Å²) in [6.45, 7) is 0. The van der Waals surface area contributed by atoms with Crippen LogP contribution in [-0.4, -0.2) is 17.6 Å². The van der Waals surface area contributed by atoms with Gasteiger partial charge in [0.15, 0.2) is 0 Å². The Bertz CT molecular complexity index is 11.6. The van der Waals surface area contributed by atoms with Crippen LogP contribution in [0.2, 0.25) is 0 Å². The molecule has 0 bridgehead atoms. The third-order valence-electron chi connectivity index (χ3n) is 0. The van der Waals surface area contributed by atoms with Crippen molar-refractivity contribution in [2.24, 2.45) is 0 Å². The molecule has 0 amide bonds. The van der Waals surface area contributed by atoms with E-state index in [9.17, 15) is 0 Å². The minimum absolute atomic E-state index is 0. The molecule has 0 aromatic heterocycles. The molecule has 0 aliphatic heterocycles. The summed E-state index contributed by atoms with van der Waals surface area (Å²) in [6, 6.07) is 0. The Morgan fingerprint density at radius 3 is 1.20 bits per heavy atom. The first-order valence-corrected chi connectivity index (χ1v) is 1.73. The molecule has 0 rings (SSSR count). The summed E-state index contributed by atoms with van der Waals surface area (Å²) in [5, 5.41) is 0. The molecule has 5 heteroatoms. The average molecular weight is 215 g/mol. The van der Waals surface area contributed by atoms with Crippen molar-refractivity contribution in [3.63, 3.8) is 0 Å². The smallest absolute Gasteiger partial charge is 0.0388 e. The van der Waals surface area contributed by atoms with E-state index < -0.39 is 0 Å². The topological polar surface area (TPSA) is 0 Å². The summed E-state index contributed by atoms with van der Waals surface area (Å²) < 4.78 is 0. The number of hydrogen-bond acceptors (Lipinski definition) is 0. The maximum Gasteiger partial charge on any atom is 0.0434 e. The Morgan fingerprint density at radius 2 is 1.20 bits per heavy atom. The van der Waals surface area contributed by atoms with Crippen LogP contribution in [0.25, 0.3) is 0 Å². The summed E-state index contributed by atoms with van der Waals surface area (Å²) >= 11 is 0. The Labute approximate surface area is 67.6 Å². The molecule has 0 atom stereocenters. The van der Waals surface area contributed by atoms with Crippen LogP contribution in [0.4, 0.5) is 0 Å². The standard InChI is InChI=1S/BH3Si.Co.Fe.Ni/c1-2;;;/h2H3;;;. The van der Waals surface area contributed by atoms with Gasteiger partial charge in [0.25, 0.3) is 0 Å². The fourth-order valence-corrected chi connectivity index (χ4v) is 0. The maximum atomic E-state index is 4.64. The van der Waals surface area contributed by atoms with Crippen LogP contribution >= 0.6 is 0 Å². The van der Waals surface area contributed by atoms with E-state index in [0.29, 0.717) is 0 Å². The van der Waals surface area contributed by atoms with Gasteiger partial charge in [-0.05, 0) is 10.1 Å². The van der Waals surface area contributed by atoms with Crippen LogP contribution in [0.3, 0.4) is 0 Å². The minimum Gasteiger partial charge on any atom is -0.0388 e. The molecule has 0 aromatic rings. The van der Waals surface area contributed by atoms with Gasteiger partial charge in [0, 0.05) is 57.8 Å². The summed E-state index contributed by atoms with van der Waals surface area (Å²) in [5.41, 5.74) is 0. The van der Waals surface area contributed by atoms with Crippen LogP contribution in [0, 0.1) is 0 Å². The molecule has 0 saturated carbocycles. The second kappa shape index (κ2) is 41.2. The van der Waals surface area contributed by atoms with Gasteiger partial charge in [-0.15, -0.1) is 0 Å². The molecular formula is H3BCoFeNiSi. The average Bonchev–Trinajstić information content (AvgIpc) is 1.00. The van der Waals surface area contributed by atoms with Gasteiger partial charge in [0.05, 0.1) is 0 Å². The molecule has 3 radical (unpaired) electrons. The van der Waals surface area contributed by atoms with Crippen molar-refractivity contribution in [3.8, 4) is 0 Å². The van der Waals surface area contributed by atoms with E-state index in [2.05, 4.69) is 7.44 Å². The minimum atomic E-state index is 0. The second-order valence-electron chi connectivity index (χ2n) is 0. The van der Waals surface area contributed by atoms with Crippen LogP contribution in [0.5, 0.6) is 0 Å². The summed E-state index contributed by atoms with van der Waals surface area (Å²) in [5.74, 6) is 0. The molecule has 0 aliphatic carbocycles. The van der Waals surface area contributed by atoms with E-state index in [-0.39, 0.29) is 50.3 Å². The van der Waals surface area contributed by atoms with Crippen molar-refractivity contribution in [1.82, 2.24) is 0 Å². The number of hydrogen-bond donors (Lipinski definition) is 0. The first kappa shape index (κ1) is 29.2. The predicted molar refractivity (Wildman–Crippen MR) is 15.7 cm³/mol. The van der Waals surface area contributed by atoms with Crippen LogP contribution < -0.4 is 0 Å². The van der Waals surface area contributed by atoms with E-state index in [1.165, 1.54) is 0 Å². The SMILES string of the molecule is [B][SiH3].[Co].[Fe].[Ni]. The fraction of sp³-hybridized carbons (Fsp3) is 0. The molecule has 0 aliphatic rings. The van der Waals surface area contributed by atoms with Gasteiger partial charge in [0.2, 0.25) is 0 Å². The monoisotopic (exact) mass is 215 g/mol. The Kier molecular flexibility index (Phi) is 240. The summed E-state index contributed by atoms with van der Waals surface area (Å²) in [7, 11) is 5.44. The molecular weight excluding hydrogens is 212 g/mol. The molecule has 0 aromatic carbocycles. The molecule has 0 nitrogen and oxygen atoms in total. The van der Waals surface area contributed by atoms with Gasteiger partial charge in [-0.3, -0.25) is 0 Å². The van der Waals surface area contributed by atoms with Crippen molar-refractivity contribution in [2.75, 3.05) is 0 Å². The molecule has 0 heterocycles. The Balaban J connectivity index is -0.00000000167. The van der Waals surface area contributed by atoms with Crippen LogP contribution in [0.1, 0.15) is 0 Å². The van der Waals surface area contributed by atoms with Crippen LogP contribution in [0.15, 0.2) is 0 Å². The van der Waals surface area contributed by atoms with E-state index in [0.717, 1.165) is 10.1 Å². The maximum absolute atomic E-state index is 4.64. The van der Waals surface area contributed by atoms with Crippen molar-refractivity contribution in [2.45, 2.75) is 0 Å². The third-order valence-corrected chi connectivity index (χ3v) is 0. The Hall–Kier alpha value is 1.80. The number of rotatable bonds is 0. The van der Waals surface area contributed by atoms with E-state index >= 15 is 0 Å². The van der Waals surface area contributed by atoms with Crippen molar-refractivity contribution < 1.29 is 50.3 Å². The first-order chi connectivity index (χ1) is 1.00. The van der Waals surface area contributed by atoms with E-state index in [1.54, 1.807) is 0 Å². The van der Waals surface area contributed by atoms with Gasteiger partial charge in [0.1, 0.15) is 0 Å². The van der Waals surface area contributed by atoms with E-state index in [1.807, 2.05) is 0 Å². The molecule has 5 heavy (non-hydrogen) atoms. The van der Waals surface area contributed by atoms with Gasteiger partial charge in [-0.2, -0.15) is 0 Å². The largest absolute Gasteiger partial charge is 0.0434 e. The molecule has 0 unspecified atom stereocenters. The van der Waals surface area contributed by atoms with Crippen molar-refractivity contribution in [1.29, 1.82) is 0 Å². The molecule has 0 N–H and O–H groups in total. The molecule has 0 fully saturated rings. The van der Waals surface area contributed by atoms with Gasteiger partial charge >= 0.3 is 0 Å². The van der Waals surface area contributed by atoms with E-state index in [4.69, 9.17) is 0 Å². The van der Waals surface area contributed by atoms with Gasteiger partial charge in [-0.25, -0.2) is 0 Å². The normalized spacial score (nSPS) is 1.60. The molecule has 0 saturated heterocycles. The zero-order chi connectivity index (χ0) is 2.00. The van der Waals surface area contributed by atoms with Gasteiger partial charge < -0.3 is 0 Å². The second-order valence-corrected chi connectivity index (χ2v) is 0. The van der Waals surface area contributed by atoms with Gasteiger partial charge in [-0.1, -0.05) is 0 Å². The fourth-order valence-electron chi connectivity index (χ4n) is 0. The zero-order valence-electron chi connectivity index (χ0n) is 2.58. The summed E-state index contributed by atoms with van der Waals surface area (Å²) in [4.78, 5) is 0. The summed E-state index contributed by atoms with van der Waals surface area (Å²) in [6.07, 6.45) is 0. The van der Waals surface area contributed by atoms with Crippen LogP contribution in [-0.2, 0) is 50.3 Å². The zero-order valence-corrected chi connectivity index (χ0v) is 7.71. The Morgan fingerprint density at radius 1 is 1.20 bits per heavy atom. The first-order valence-electron chi connectivity index (χ1n) is 0.577. The van der Waals surface area contributed by atoms with Crippen molar-refractivity contribution >= 4 is 17.6 Å². The molecule has 0 spiro atoms. The molecule has 37 valence electrons. The predicted octanol–water partition coefficient (Wildman–Crippen LogP) is -1.57. The quantitative estimate of drug-likeness (QED) is 0.428. The third kappa shape index (κ3) is 25.8.